The van der Waals surface area contributed by atoms with Gasteiger partial charge in [0.2, 0.25) is 0 Å². The van der Waals surface area contributed by atoms with Crippen LogP contribution in [0.5, 0.6) is 0 Å². The van der Waals surface area contributed by atoms with Gasteiger partial charge in [-0.2, -0.15) is 5.48 Å². The summed E-state index contributed by atoms with van der Waals surface area (Å²) in [5.41, 5.74) is 2.46. The zero-order valence-corrected chi connectivity index (χ0v) is 13.5. The third-order valence-electron chi connectivity index (χ3n) is 3.30. The number of carboxylic acids is 1. The Morgan fingerprint density at radius 2 is 1.35 bits per heavy atom. The summed E-state index contributed by atoms with van der Waals surface area (Å²) in [4.78, 5) is 51.3. The first-order chi connectivity index (χ1) is 12.5. The van der Waals surface area contributed by atoms with Crippen LogP contribution < -0.4 is 10.8 Å². The van der Waals surface area contributed by atoms with Gasteiger partial charge in [-0.05, 0) is 24.3 Å². The molecule has 2 amide bonds. The molecule has 1 unspecified atom stereocenters. The second-order valence-electron chi connectivity index (χ2n) is 5.21. The van der Waals surface area contributed by atoms with Gasteiger partial charge in [-0.15, -0.1) is 0 Å². The lowest BCUT2D eigenvalue weighted by Crippen LogP contribution is -2.43. The number of aliphatic carboxylic acids is 1. The summed E-state index contributed by atoms with van der Waals surface area (Å²) < 4.78 is 0. The lowest BCUT2D eigenvalue weighted by Gasteiger charge is -2.14. The van der Waals surface area contributed by atoms with Crippen LogP contribution in [-0.4, -0.2) is 34.9 Å². The standard InChI is InChI=1S/C18H16N2O6/c21-15(26-20-17(23)13-9-5-2-6-10-13)11-14(18(24)25)19-16(22)12-7-3-1-4-8-12/h1-10,14H,11H2,(H,19,22)(H,20,23)(H,24,25). The maximum absolute atomic E-state index is 12.0. The van der Waals surface area contributed by atoms with Crippen molar-refractivity contribution in [1.29, 1.82) is 0 Å². The molecule has 0 aromatic heterocycles. The van der Waals surface area contributed by atoms with Gasteiger partial charge in [0.1, 0.15) is 6.04 Å². The molecule has 0 aliphatic heterocycles. The van der Waals surface area contributed by atoms with Gasteiger partial charge in [0, 0.05) is 11.1 Å². The summed E-state index contributed by atoms with van der Waals surface area (Å²) in [6, 6.07) is 14.5. The molecule has 26 heavy (non-hydrogen) atoms. The van der Waals surface area contributed by atoms with Crippen molar-refractivity contribution in [3.63, 3.8) is 0 Å². The summed E-state index contributed by atoms with van der Waals surface area (Å²) in [6.07, 6.45) is -0.650. The molecule has 3 N–H and O–H groups in total. The van der Waals surface area contributed by atoms with Crippen LogP contribution in [0, 0.1) is 0 Å². The average molecular weight is 356 g/mol. The molecule has 2 rings (SSSR count). The van der Waals surface area contributed by atoms with Gasteiger partial charge in [-0.25, -0.2) is 9.59 Å². The molecule has 134 valence electrons. The minimum absolute atomic E-state index is 0.254. The van der Waals surface area contributed by atoms with E-state index >= 15 is 0 Å². The molecule has 2 aromatic rings. The van der Waals surface area contributed by atoms with Crippen molar-refractivity contribution in [2.75, 3.05) is 0 Å². The maximum Gasteiger partial charge on any atom is 0.334 e. The topological polar surface area (TPSA) is 122 Å². The largest absolute Gasteiger partial charge is 0.480 e. The third-order valence-corrected chi connectivity index (χ3v) is 3.30. The molecule has 0 radical (unpaired) electrons. The van der Waals surface area contributed by atoms with Crippen LogP contribution in [0.4, 0.5) is 0 Å². The van der Waals surface area contributed by atoms with E-state index in [1.165, 1.54) is 24.3 Å². The highest BCUT2D eigenvalue weighted by molar-refractivity contribution is 5.97. The summed E-state index contributed by atoms with van der Waals surface area (Å²) >= 11 is 0. The predicted molar refractivity (Wildman–Crippen MR) is 89.9 cm³/mol. The number of nitrogens with one attached hydrogen (secondary N) is 2. The Morgan fingerprint density at radius 3 is 1.85 bits per heavy atom. The highest BCUT2D eigenvalue weighted by Gasteiger charge is 2.25. The minimum Gasteiger partial charge on any atom is -0.480 e. The van der Waals surface area contributed by atoms with Crippen LogP contribution in [0.25, 0.3) is 0 Å². The highest BCUT2D eigenvalue weighted by atomic mass is 16.7. The fraction of sp³-hybridized carbons (Fsp3) is 0.111. The van der Waals surface area contributed by atoms with Gasteiger partial charge in [0.15, 0.2) is 0 Å². The maximum atomic E-state index is 12.0. The normalized spacial score (nSPS) is 11.1. The summed E-state index contributed by atoms with van der Waals surface area (Å²) in [5.74, 6) is -3.70. The number of hydrogen-bond acceptors (Lipinski definition) is 5. The number of carbonyl (C=O) groups excluding carboxylic acids is 3. The van der Waals surface area contributed by atoms with E-state index in [2.05, 4.69) is 10.2 Å². The summed E-state index contributed by atoms with van der Waals surface area (Å²) in [5, 5.41) is 11.4. The first-order valence-corrected chi connectivity index (χ1v) is 7.61. The van der Waals surface area contributed by atoms with Gasteiger partial charge < -0.3 is 15.3 Å². The Balaban J connectivity index is 1.88. The average Bonchev–Trinajstić information content (AvgIpc) is 2.66. The van der Waals surface area contributed by atoms with E-state index in [9.17, 15) is 19.2 Å². The molecule has 0 aliphatic rings. The minimum atomic E-state index is -1.50. The number of carboxylic acid groups (broad SMARTS) is 1. The second-order valence-corrected chi connectivity index (χ2v) is 5.21. The molecule has 0 bridgehead atoms. The number of hydrogen-bond donors (Lipinski definition) is 3. The van der Waals surface area contributed by atoms with Crippen molar-refractivity contribution >= 4 is 23.8 Å². The van der Waals surface area contributed by atoms with Gasteiger partial charge in [0.05, 0.1) is 6.42 Å². The second kappa shape index (κ2) is 8.97. The van der Waals surface area contributed by atoms with Crippen molar-refractivity contribution in [1.82, 2.24) is 10.8 Å². The van der Waals surface area contributed by atoms with Gasteiger partial charge in [0.25, 0.3) is 11.8 Å². The first-order valence-electron chi connectivity index (χ1n) is 7.61. The zero-order valence-electron chi connectivity index (χ0n) is 13.5. The third kappa shape index (κ3) is 5.45. The zero-order chi connectivity index (χ0) is 18.9. The number of benzene rings is 2. The fourth-order valence-corrected chi connectivity index (χ4v) is 1.99. The van der Waals surface area contributed by atoms with E-state index in [0.717, 1.165) is 0 Å². The molecular weight excluding hydrogens is 340 g/mol. The van der Waals surface area contributed by atoms with Crippen LogP contribution in [0.1, 0.15) is 27.1 Å². The molecule has 1 atom stereocenters. The molecule has 0 heterocycles. The van der Waals surface area contributed by atoms with Crippen LogP contribution >= 0.6 is 0 Å². The number of amides is 2. The molecule has 2 aromatic carbocycles. The van der Waals surface area contributed by atoms with E-state index in [4.69, 9.17) is 5.11 Å². The quantitative estimate of drug-likeness (QED) is 0.668. The van der Waals surface area contributed by atoms with E-state index < -0.39 is 36.2 Å². The monoisotopic (exact) mass is 356 g/mol. The molecule has 0 fully saturated rings. The number of hydroxylamine groups is 1. The van der Waals surface area contributed by atoms with E-state index in [1.807, 2.05) is 5.48 Å². The van der Waals surface area contributed by atoms with Crippen molar-refractivity contribution in [3.8, 4) is 0 Å². The molecule has 0 saturated heterocycles. The summed E-state index contributed by atoms with van der Waals surface area (Å²) in [6.45, 7) is 0. The van der Waals surface area contributed by atoms with Crippen LogP contribution in [0.3, 0.4) is 0 Å². The molecular formula is C18H16N2O6. The lowest BCUT2D eigenvalue weighted by molar-refractivity contribution is -0.153. The number of rotatable bonds is 6. The Hall–Kier alpha value is -3.68. The van der Waals surface area contributed by atoms with Gasteiger partial charge >= 0.3 is 11.9 Å². The van der Waals surface area contributed by atoms with Gasteiger partial charge in [-0.3, -0.25) is 9.59 Å². The summed E-state index contributed by atoms with van der Waals surface area (Å²) in [7, 11) is 0. The van der Waals surface area contributed by atoms with E-state index in [-0.39, 0.29) is 11.1 Å². The number of carbonyl (C=O) groups is 4. The fourth-order valence-electron chi connectivity index (χ4n) is 1.99. The molecule has 8 heteroatoms. The van der Waals surface area contributed by atoms with Crippen molar-refractivity contribution < 1.29 is 29.1 Å². The van der Waals surface area contributed by atoms with E-state index in [1.54, 1.807) is 36.4 Å². The Labute approximate surface area is 148 Å². The van der Waals surface area contributed by atoms with Crippen molar-refractivity contribution in [2.24, 2.45) is 0 Å². The predicted octanol–water partition coefficient (Wildman–Crippen LogP) is 1.15. The van der Waals surface area contributed by atoms with Crippen LogP contribution in [-0.2, 0) is 14.4 Å². The van der Waals surface area contributed by atoms with Crippen LogP contribution in [0.15, 0.2) is 60.7 Å². The Morgan fingerprint density at radius 1 is 0.846 bits per heavy atom. The highest BCUT2D eigenvalue weighted by Crippen LogP contribution is 2.02. The van der Waals surface area contributed by atoms with Crippen molar-refractivity contribution in [3.05, 3.63) is 71.8 Å². The smallest absolute Gasteiger partial charge is 0.334 e. The lowest BCUT2D eigenvalue weighted by atomic mass is 10.1. The van der Waals surface area contributed by atoms with Crippen molar-refractivity contribution in [2.45, 2.75) is 12.5 Å². The molecule has 0 saturated carbocycles. The van der Waals surface area contributed by atoms with Crippen LogP contribution in [0.2, 0.25) is 0 Å². The van der Waals surface area contributed by atoms with E-state index in [0.29, 0.717) is 0 Å². The van der Waals surface area contributed by atoms with Gasteiger partial charge in [-0.1, -0.05) is 36.4 Å². The SMILES string of the molecule is O=C(CC(NC(=O)c1ccccc1)C(=O)O)ONC(=O)c1ccccc1. The molecule has 0 aliphatic carbocycles. The Kier molecular flexibility index (Phi) is 6.44. The first kappa shape index (κ1) is 18.7. The Bertz CT molecular complexity index is 792. The molecule has 0 spiro atoms. The molecule has 8 nitrogen and oxygen atoms in total.